The van der Waals surface area contributed by atoms with Gasteiger partial charge in [0.05, 0.1) is 21.3 Å². The summed E-state index contributed by atoms with van der Waals surface area (Å²) in [5, 5.41) is 10.5. The summed E-state index contributed by atoms with van der Waals surface area (Å²) in [6.07, 6.45) is 0. The van der Waals surface area contributed by atoms with E-state index in [1.54, 1.807) is 50.6 Å². The molecule has 3 aromatic rings. The van der Waals surface area contributed by atoms with Crippen LogP contribution in [0.2, 0.25) is 5.02 Å². The van der Waals surface area contributed by atoms with Crippen molar-refractivity contribution in [2.45, 2.75) is 6.92 Å². The lowest BCUT2D eigenvalue weighted by Gasteiger charge is -2.15. The van der Waals surface area contributed by atoms with E-state index in [0.29, 0.717) is 39.4 Å². The maximum absolute atomic E-state index is 12.4. The van der Waals surface area contributed by atoms with Gasteiger partial charge in [-0.15, -0.1) is 0 Å². The van der Waals surface area contributed by atoms with E-state index in [2.05, 4.69) is 15.5 Å². The monoisotopic (exact) mass is 431 g/mol. The maximum Gasteiger partial charge on any atom is 0.263 e. The van der Waals surface area contributed by atoms with Crippen LogP contribution in [0.5, 0.6) is 23.0 Å². The SMILES string of the molecule is COc1cc(-c2c(NC(=O)COc3ccc(Cl)cc3)n[nH]c2C)cc(OC)c1OC. The molecule has 158 valence electrons. The lowest BCUT2D eigenvalue weighted by Crippen LogP contribution is -2.20. The zero-order valence-corrected chi connectivity index (χ0v) is 17.8. The normalized spacial score (nSPS) is 10.4. The molecule has 0 atom stereocenters. The Kier molecular flexibility index (Phi) is 6.68. The number of aromatic amines is 1. The number of hydrogen-bond acceptors (Lipinski definition) is 6. The molecule has 0 aliphatic heterocycles. The Morgan fingerprint density at radius 3 is 2.27 bits per heavy atom. The molecule has 0 saturated carbocycles. The van der Waals surface area contributed by atoms with Gasteiger partial charge in [-0.3, -0.25) is 9.89 Å². The van der Waals surface area contributed by atoms with Gasteiger partial charge in [0.1, 0.15) is 5.75 Å². The van der Waals surface area contributed by atoms with Crippen LogP contribution in [0, 0.1) is 6.92 Å². The van der Waals surface area contributed by atoms with Crippen molar-refractivity contribution in [3.05, 3.63) is 47.1 Å². The molecule has 0 fully saturated rings. The summed E-state index contributed by atoms with van der Waals surface area (Å²) in [5.41, 5.74) is 2.21. The Bertz CT molecular complexity index is 1010. The number of halogens is 1. The molecule has 0 spiro atoms. The molecule has 0 unspecified atom stereocenters. The zero-order valence-electron chi connectivity index (χ0n) is 17.0. The first-order chi connectivity index (χ1) is 14.5. The van der Waals surface area contributed by atoms with Crippen LogP contribution in [0.3, 0.4) is 0 Å². The van der Waals surface area contributed by atoms with E-state index in [1.807, 2.05) is 6.92 Å². The van der Waals surface area contributed by atoms with Crippen molar-refractivity contribution in [1.82, 2.24) is 10.2 Å². The number of anilines is 1. The van der Waals surface area contributed by atoms with Crippen LogP contribution in [-0.4, -0.2) is 44.0 Å². The number of nitrogens with zero attached hydrogens (tertiary/aromatic N) is 1. The van der Waals surface area contributed by atoms with Gasteiger partial charge in [0.15, 0.2) is 23.9 Å². The van der Waals surface area contributed by atoms with Crippen molar-refractivity contribution < 1.29 is 23.7 Å². The molecule has 9 heteroatoms. The number of ether oxygens (including phenoxy) is 4. The number of carbonyl (C=O) groups is 1. The summed E-state index contributed by atoms with van der Waals surface area (Å²) in [5.74, 6) is 2.02. The molecular weight excluding hydrogens is 410 g/mol. The first-order valence-corrected chi connectivity index (χ1v) is 9.38. The lowest BCUT2D eigenvalue weighted by molar-refractivity contribution is -0.118. The molecule has 2 N–H and O–H groups in total. The van der Waals surface area contributed by atoms with E-state index in [9.17, 15) is 4.79 Å². The number of aromatic nitrogens is 2. The Balaban J connectivity index is 1.83. The summed E-state index contributed by atoms with van der Waals surface area (Å²) in [4.78, 5) is 12.4. The Labute approximate surface area is 179 Å². The van der Waals surface area contributed by atoms with Gasteiger partial charge in [0.2, 0.25) is 5.75 Å². The highest BCUT2D eigenvalue weighted by atomic mass is 35.5. The number of benzene rings is 2. The predicted molar refractivity (Wildman–Crippen MR) is 114 cm³/mol. The van der Waals surface area contributed by atoms with E-state index in [4.69, 9.17) is 30.5 Å². The number of aryl methyl sites for hydroxylation is 1. The Hall–Kier alpha value is -3.39. The van der Waals surface area contributed by atoms with Crippen molar-refractivity contribution in [1.29, 1.82) is 0 Å². The van der Waals surface area contributed by atoms with Crippen LogP contribution in [0.25, 0.3) is 11.1 Å². The number of methoxy groups -OCH3 is 3. The summed E-state index contributed by atoms with van der Waals surface area (Å²) >= 11 is 5.85. The number of rotatable bonds is 8. The fourth-order valence-electron chi connectivity index (χ4n) is 2.95. The van der Waals surface area contributed by atoms with Crippen LogP contribution < -0.4 is 24.3 Å². The molecule has 3 rings (SSSR count). The molecule has 0 bridgehead atoms. The molecule has 2 aromatic carbocycles. The molecule has 0 aliphatic rings. The van der Waals surface area contributed by atoms with Crippen LogP contribution in [0.4, 0.5) is 5.82 Å². The summed E-state index contributed by atoms with van der Waals surface area (Å²) in [7, 11) is 4.62. The molecule has 0 radical (unpaired) electrons. The van der Waals surface area contributed by atoms with Gasteiger partial charge in [0, 0.05) is 16.3 Å². The number of carbonyl (C=O) groups excluding carboxylic acids is 1. The summed E-state index contributed by atoms with van der Waals surface area (Å²) in [6.45, 7) is 1.67. The van der Waals surface area contributed by atoms with Gasteiger partial charge in [-0.05, 0) is 48.9 Å². The highest BCUT2D eigenvalue weighted by Gasteiger charge is 2.20. The molecular formula is C21H22ClN3O5. The van der Waals surface area contributed by atoms with E-state index < -0.39 is 0 Å². The van der Waals surface area contributed by atoms with Crippen molar-refractivity contribution >= 4 is 23.3 Å². The second kappa shape index (κ2) is 9.41. The van der Waals surface area contributed by atoms with E-state index in [1.165, 1.54) is 7.11 Å². The minimum Gasteiger partial charge on any atom is -0.493 e. The van der Waals surface area contributed by atoms with Crippen molar-refractivity contribution in [3.63, 3.8) is 0 Å². The van der Waals surface area contributed by atoms with Crippen molar-refractivity contribution in [2.24, 2.45) is 0 Å². The lowest BCUT2D eigenvalue weighted by atomic mass is 10.0. The number of amides is 1. The topological polar surface area (TPSA) is 94.7 Å². The smallest absolute Gasteiger partial charge is 0.263 e. The zero-order chi connectivity index (χ0) is 21.7. The predicted octanol–water partition coefficient (Wildman–Crippen LogP) is 4.08. The first-order valence-electron chi connectivity index (χ1n) is 9.00. The Morgan fingerprint density at radius 1 is 1.07 bits per heavy atom. The second-order valence-corrected chi connectivity index (χ2v) is 6.71. The van der Waals surface area contributed by atoms with Crippen LogP contribution in [0.15, 0.2) is 36.4 Å². The third-order valence-electron chi connectivity index (χ3n) is 4.34. The summed E-state index contributed by atoms with van der Waals surface area (Å²) < 4.78 is 21.7. The van der Waals surface area contributed by atoms with Gasteiger partial charge >= 0.3 is 0 Å². The highest BCUT2D eigenvalue weighted by molar-refractivity contribution is 6.30. The average molecular weight is 432 g/mol. The van der Waals surface area contributed by atoms with E-state index in [0.717, 1.165) is 11.3 Å². The van der Waals surface area contributed by atoms with E-state index in [-0.39, 0.29) is 12.5 Å². The minimum absolute atomic E-state index is 0.178. The fraction of sp³-hybridized carbons (Fsp3) is 0.238. The molecule has 0 saturated heterocycles. The van der Waals surface area contributed by atoms with Crippen molar-refractivity contribution in [3.8, 4) is 34.1 Å². The van der Waals surface area contributed by atoms with Gasteiger partial charge < -0.3 is 24.3 Å². The van der Waals surface area contributed by atoms with Crippen LogP contribution >= 0.6 is 11.6 Å². The van der Waals surface area contributed by atoms with Gasteiger partial charge in [-0.2, -0.15) is 5.10 Å². The van der Waals surface area contributed by atoms with Crippen molar-refractivity contribution in [2.75, 3.05) is 33.3 Å². The highest BCUT2D eigenvalue weighted by Crippen LogP contribution is 2.43. The van der Waals surface area contributed by atoms with Crippen LogP contribution in [-0.2, 0) is 4.79 Å². The van der Waals surface area contributed by atoms with Gasteiger partial charge in [-0.25, -0.2) is 0 Å². The quantitative estimate of drug-likeness (QED) is 0.558. The number of H-pyrrole nitrogens is 1. The third kappa shape index (κ3) is 4.60. The third-order valence-corrected chi connectivity index (χ3v) is 4.59. The molecule has 1 aromatic heterocycles. The largest absolute Gasteiger partial charge is 0.493 e. The van der Waals surface area contributed by atoms with E-state index >= 15 is 0 Å². The van der Waals surface area contributed by atoms with Gasteiger partial charge in [0.25, 0.3) is 5.91 Å². The standard InChI is InChI=1S/C21H22ClN3O5/c1-12-19(13-9-16(27-2)20(29-4)17(10-13)28-3)21(25-24-12)23-18(26)11-30-15-7-5-14(22)6-8-15/h5-10H,11H2,1-4H3,(H2,23,24,25,26). The maximum atomic E-state index is 12.4. The fourth-order valence-corrected chi connectivity index (χ4v) is 3.07. The Morgan fingerprint density at radius 2 is 1.70 bits per heavy atom. The average Bonchev–Trinajstić information content (AvgIpc) is 3.11. The number of nitrogens with one attached hydrogen (secondary N) is 2. The second-order valence-electron chi connectivity index (χ2n) is 6.28. The van der Waals surface area contributed by atoms with Gasteiger partial charge in [-0.1, -0.05) is 11.6 Å². The molecule has 8 nitrogen and oxygen atoms in total. The number of hydrogen-bond donors (Lipinski definition) is 2. The molecule has 1 amide bonds. The molecule has 0 aliphatic carbocycles. The minimum atomic E-state index is -0.356. The molecule has 1 heterocycles. The summed E-state index contributed by atoms with van der Waals surface area (Å²) in [6, 6.07) is 10.3. The van der Waals surface area contributed by atoms with Crippen LogP contribution in [0.1, 0.15) is 5.69 Å². The molecule has 30 heavy (non-hydrogen) atoms. The first kappa shape index (κ1) is 21.3.